The van der Waals surface area contributed by atoms with E-state index in [9.17, 15) is 19.5 Å². The molecule has 2 atom stereocenters. The Morgan fingerprint density at radius 2 is 0.737 bits per heavy atom. The van der Waals surface area contributed by atoms with Gasteiger partial charge in [0, 0.05) is 12.8 Å². The van der Waals surface area contributed by atoms with Crippen molar-refractivity contribution >= 4 is 17.9 Å². The van der Waals surface area contributed by atoms with Gasteiger partial charge in [0.1, 0.15) is 13.2 Å². The third-order valence-corrected chi connectivity index (χ3v) is 14.9. The van der Waals surface area contributed by atoms with E-state index in [0.29, 0.717) is 23.9 Å². The normalized spacial score (nSPS) is 12.8. The van der Waals surface area contributed by atoms with Crippen LogP contribution in [-0.4, -0.2) is 87.4 Å². The SMILES string of the molecule is CCC/C=C\C/C=C\CCCCCCCC(=O)OC(COC(=O)CCCCCCCCCCCCCCCCCCCCCCCCCCCCCCCCCCCCCCCC)COC(OCC[N+](C)(C)C)C(=O)O. The molecule has 76 heavy (non-hydrogen) atoms. The van der Waals surface area contributed by atoms with E-state index in [4.69, 9.17) is 18.9 Å². The number of carbonyl (C=O) groups excluding carboxylic acids is 2. The first-order valence-electron chi connectivity index (χ1n) is 33.0. The average Bonchev–Trinajstić information content (AvgIpc) is 3.39. The standard InChI is InChI=1S/C67H127NO8/c1-6-8-10-12-14-16-18-20-21-22-23-24-25-26-27-28-29-30-31-32-33-34-35-36-37-38-39-40-41-42-43-44-46-47-49-51-53-55-57-64(69)74-61-63(62-75-67(66(71)72)73-60-59-68(3,4)5)76-65(70)58-56-54-52-50-48-45-19-17-15-13-11-9-7-2/h11,13,17,19,63,67H,6-10,12,14-16,18,20-62H2,1-5H3/p+1/b13-11-,19-17-. The highest BCUT2D eigenvalue weighted by molar-refractivity contribution is 5.71. The molecule has 0 radical (unpaired) electrons. The molecule has 448 valence electrons. The molecule has 0 amide bonds. The number of aliphatic carboxylic acids is 1. The number of likely N-dealkylation sites (N-methyl/N-ethyl adjacent to an activating group) is 1. The van der Waals surface area contributed by atoms with Crippen molar-refractivity contribution in [3.8, 4) is 0 Å². The van der Waals surface area contributed by atoms with E-state index in [1.54, 1.807) is 0 Å². The van der Waals surface area contributed by atoms with Gasteiger partial charge in [0.15, 0.2) is 6.10 Å². The number of esters is 2. The fourth-order valence-corrected chi connectivity index (χ4v) is 9.88. The highest BCUT2D eigenvalue weighted by atomic mass is 16.7. The molecule has 0 aromatic rings. The second-order valence-electron chi connectivity index (χ2n) is 23.8. The summed E-state index contributed by atoms with van der Waals surface area (Å²) < 4.78 is 22.9. The molecule has 0 bridgehead atoms. The molecule has 1 N–H and O–H groups in total. The maximum Gasteiger partial charge on any atom is 0.361 e. The van der Waals surface area contributed by atoms with Crippen molar-refractivity contribution in [1.29, 1.82) is 0 Å². The van der Waals surface area contributed by atoms with Crippen LogP contribution in [0.1, 0.15) is 328 Å². The molecule has 0 aromatic carbocycles. The van der Waals surface area contributed by atoms with Crippen LogP contribution in [0.25, 0.3) is 0 Å². The minimum atomic E-state index is -1.51. The second kappa shape index (κ2) is 58.9. The minimum absolute atomic E-state index is 0.183. The average molecular weight is 1080 g/mol. The monoisotopic (exact) mass is 1070 g/mol. The highest BCUT2D eigenvalue weighted by Gasteiger charge is 2.25. The number of carbonyl (C=O) groups is 3. The molecule has 0 aliphatic heterocycles. The van der Waals surface area contributed by atoms with Crippen molar-refractivity contribution in [3.05, 3.63) is 24.3 Å². The lowest BCUT2D eigenvalue weighted by atomic mass is 10.0. The minimum Gasteiger partial charge on any atom is -0.477 e. The van der Waals surface area contributed by atoms with Crippen LogP contribution in [0.3, 0.4) is 0 Å². The van der Waals surface area contributed by atoms with Crippen LogP contribution >= 0.6 is 0 Å². The lowest BCUT2D eigenvalue weighted by Gasteiger charge is -2.25. The van der Waals surface area contributed by atoms with E-state index >= 15 is 0 Å². The third-order valence-electron chi connectivity index (χ3n) is 14.9. The topological polar surface area (TPSA) is 108 Å². The molecule has 0 aliphatic carbocycles. The molecule has 0 aliphatic rings. The first kappa shape index (κ1) is 73.8. The summed E-state index contributed by atoms with van der Waals surface area (Å²) in [4.78, 5) is 37.4. The summed E-state index contributed by atoms with van der Waals surface area (Å²) in [6.45, 7) is 4.84. The summed E-state index contributed by atoms with van der Waals surface area (Å²) in [5.74, 6) is -2.01. The summed E-state index contributed by atoms with van der Waals surface area (Å²) in [5, 5.41) is 9.69. The van der Waals surface area contributed by atoms with Gasteiger partial charge in [0.05, 0.1) is 34.4 Å². The van der Waals surface area contributed by atoms with Crippen LogP contribution in [0, 0.1) is 0 Å². The summed E-state index contributed by atoms with van der Waals surface area (Å²) >= 11 is 0. The van der Waals surface area contributed by atoms with Gasteiger partial charge in [-0.2, -0.15) is 0 Å². The molecule has 0 saturated carbocycles. The predicted molar refractivity (Wildman–Crippen MR) is 323 cm³/mol. The van der Waals surface area contributed by atoms with Crippen LogP contribution in [0.2, 0.25) is 0 Å². The first-order valence-corrected chi connectivity index (χ1v) is 33.0. The van der Waals surface area contributed by atoms with Crippen LogP contribution in [0.5, 0.6) is 0 Å². The molecular weight excluding hydrogens is 947 g/mol. The van der Waals surface area contributed by atoms with Gasteiger partial charge in [-0.1, -0.05) is 301 Å². The van der Waals surface area contributed by atoms with Gasteiger partial charge in [-0.05, 0) is 38.5 Å². The van der Waals surface area contributed by atoms with E-state index in [-0.39, 0.29) is 32.2 Å². The fourth-order valence-electron chi connectivity index (χ4n) is 9.88. The number of nitrogens with zero attached hydrogens (tertiary/aromatic N) is 1. The molecule has 2 unspecified atom stereocenters. The van der Waals surface area contributed by atoms with E-state index in [0.717, 1.165) is 64.2 Å². The molecule has 9 heteroatoms. The zero-order valence-electron chi connectivity index (χ0n) is 51.2. The number of unbranched alkanes of at least 4 members (excludes halogenated alkanes) is 43. The highest BCUT2D eigenvalue weighted by Crippen LogP contribution is 2.19. The zero-order chi connectivity index (χ0) is 55.5. The number of rotatable bonds is 62. The number of carboxylic acid groups (broad SMARTS) is 1. The Morgan fingerprint density at radius 1 is 0.395 bits per heavy atom. The quantitative estimate of drug-likeness (QED) is 0.0211. The van der Waals surface area contributed by atoms with E-state index in [2.05, 4.69) is 38.2 Å². The first-order chi connectivity index (χ1) is 37.1. The van der Waals surface area contributed by atoms with Crippen LogP contribution in [0.4, 0.5) is 0 Å². The largest absolute Gasteiger partial charge is 0.477 e. The number of allylic oxidation sites excluding steroid dienone is 4. The maximum atomic E-state index is 12.8. The fraction of sp³-hybridized carbons (Fsp3) is 0.896. The Balaban J connectivity index is 3.88. The second-order valence-corrected chi connectivity index (χ2v) is 23.8. The van der Waals surface area contributed by atoms with Gasteiger partial charge in [-0.15, -0.1) is 0 Å². The van der Waals surface area contributed by atoms with E-state index in [1.165, 1.54) is 231 Å². The lowest BCUT2D eigenvalue weighted by molar-refractivity contribution is -0.870. The van der Waals surface area contributed by atoms with Gasteiger partial charge in [-0.25, -0.2) is 4.79 Å². The summed E-state index contributed by atoms with van der Waals surface area (Å²) in [5.41, 5.74) is 0. The number of carboxylic acids is 1. The molecule has 0 aromatic heterocycles. The molecule has 0 spiro atoms. The van der Waals surface area contributed by atoms with Gasteiger partial charge < -0.3 is 28.5 Å². The number of quaternary nitrogens is 1. The number of hydrogen-bond donors (Lipinski definition) is 1. The lowest BCUT2D eigenvalue weighted by Crippen LogP contribution is -2.40. The van der Waals surface area contributed by atoms with Gasteiger partial charge in [-0.3, -0.25) is 9.59 Å². The summed E-state index contributed by atoms with van der Waals surface area (Å²) in [7, 11) is 5.97. The smallest absolute Gasteiger partial charge is 0.361 e. The van der Waals surface area contributed by atoms with Crippen molar-refractivity contribution in [2.75, 3.05) is 47.5 Å². The number of hydrogen-bond acceptors (Lipinski definition) is 7. The van der Waals surface area contributed by atoms with Crippen LogP contribution < -0.4 is 0 Å². The van der Waals surface area contributed by atoms with Crippen molar-refractivity contribution < 1.29 is 42.9 Å². The molecule has 9 nitrogen and oxygen atoms in total. The van der Waals surface area contributed by atoms with Crippen LogP contribution in [-0.2, 0) is 33.3 Å². The Hall–Kier alpha value is -2.23. The molecule has 0 rings (SSSR count). The summed E-state index contributed by atoms with van der Waals surface area (Å²) in [6.07, 6.45) is 69.0. The van der Waals surface area contributed by atoms with Crippen molar-refractivity contribution in [2.45, 2.75) is 341 Å². The molecular formula is C67H128NO8+. The van der Waals surface area contributed by atoms with Crippen LogP contribution in [0.15, 0.2) is 24.3 Å². The third kappa shape index (κ3) is 59.4. The van der Waals surface area contributed by atoms with E-state index in [1.807, 2.05) is 21.1 Å². The van der Waals surface area contributed by atoms with E-state index < -0.39 is 24.3 Å². The Labute approximate surface area is 471 Å². The molecule has 0 fully saturated rings. The molecule has 0 heterocycles. The predicted octanol–water partition coefficient (Wildman–Crippen LogP) is 19.9. The summed E-state index contributed by atoms with van der Waals surface area (Å²) in [6, 6.07) is 0. The Bertz CT molecular complexity index is 1300. The van der Waals surface area contributed by atoms with Crippen molar-refractivity contribution in [1.82, 2.24) is 0 Å². The van der Waals surface area contributed by atoms with Gasteiger partial charge in [0.2, 0.25) is 0 Å². The Morgan fingerprint density at radius 3 is 1.09 bits per heavy atom. The van der Waals surface area contributed by atoms with Crippen molar-refractivity contribution in [3.63, 3.8) is 0 Å². The molecule has 0 saturated heterocycles. The van der Waals surface area contributed by atoms with Gasteiger partial charge >= 0.3 is 17.9 Å². The Kier molecular flexibility index (Phi) is 57.2. The maximum absolute atomic E-state index is 12.8. The zero-order valence-corrected chi connectivity index (χ0v) is 51.2. The number of ether oxygens (including phenoxy) is 4. The van der Waals surface area contributed by atoms with Crippen molar-refractivity contribution in [2.24, 2.45) is 0 Å². The van der Waals surface area contributed by atoms with Gasteiger partial charge in [0.25, 0.3) is 6.29 Å².